The molecule has 34 heavy (non-hydrogen) atoms. The van der Waals surface area contributed by atoms with E-state index in [1.54, 1.807) is 12.1 Å². The number of phenols is 1. The second-order valence-corrected chi connectivity index (χ2v) is 9.42. The lowest BCUT2D eigenvalue weighted by molar-refractivity contribution is -0.110. The predicted octanol–water partition coefficient (Wildman–Crippen LogP) is 7.99. The molecule has 0 unspecified atom stereocenters. The van der Waals surface area contributed by atoms with E-state index >= 15 is 0 Å². The molecule has 0 saturated heterocycles. The number of carbonyl (C=O) groups excluding carboxylic acids is 1. The Morgan fingerprint density at radius 3 is 2.53 bits per heavy atom. The van der Waals surface area contributed by atoms with Crippen LogP contribution in [0.1, 0.15) is 92.1 Å². The van der Waals surface area contributed by atoms with Gasteiger partial charge < -0.3 is 15.3 Å². The molecule has 1 amide bonds. The number of hydrogen-bond donors (Lipinski definition) is 2. The summed E-state index contributed by atoms with van der Waals surface area (Å²) >= 11 is 0. The van der Waals surface area contributed by atoms with Gasteiger partial charge >= 0.3 is 0 Å². The Bertz CT molecular complexity index is 995. The SMILES string of the molecule is CC/C=C/N(C)CCC.CCC/C(C)=C(/C)C1=C(C)/C(=C2\C(=O)Nc3cc(O)ccc32)CCC1. The van der Waals surface area contributed by atoms with Crippen molar-refractivity contribution in [2.24, 2.45) is 0 Å². The first-order chi connectivity index (χ1) is 16.2. The maximum absolute atomic E-state index is 12.6. The highest BCUT2D eigenvalue weighted by atomic mass is 16.3. The first kappa shape index (κ1) is 27.5. The van der Waals surface area contributed by atoms with E-state index in [0.29, 0.717) is 5.69 Å². The summed E-state index contributed by atoms with van der Waals surface area (Å²) in [4.78, 5) is 14.8. The van der Waals surface area contributed by atoms with E-state index in [1.165, 1.54) is 28.7 Å². The van der Waals surface area contributed by atoms with Gasteiger partial charge in [-0.25, -0.2) is 0 Å². The first-order valence-corrected chi connectivity index (χ1v) is 12.9. The van der Waals surface area contributed by atoms with Crippen molar-refractivity contribution in [1.82, 2.24) is 4.90 Å². The molecular formula is C30H44N2O2. The molecule has 0 atom stereocenters. The van der Waals surface area contributed by atoms with Crippen molar-refractivity contribution >= 4 is 17.2 Å². The molecule has 0 fully saturated rings. The van der Waals surface area contributed by atoms with Gasteiger partial charge in [0.2, 0.25) is 0 Å². The maximum Gasteiger partial charge on any atom is 0.256 e. The Hall–Kier alpha value is -2.75. The Morgan fingerprint density at radius 1 is 1.15 bits per heavy atom. The van der Waals surface area contributed by atoms with Gasteiger partial charge in [0.1, 0.15) is 5.75 Å². The molecule has 1 aromatic rings. The number of anilines is 1. The number of benzene rings is 1. The summed E-state index contributed by atoms with van der Waals surface area (Å²) in [6, 6.07) is 5.12. The molecule has 0 saturated carbocycles. The number of phenolic OH excluding ortho intramolecular Hbond substituents is 1. The van der Waals surface area contributed by atoms with Crippen LogP contribution in [0.5, 0.6) is 5.75 Å². The zero-order valence-corrected chi connectivity index (χ0v) is 22.3. The minimum Gasteiger partial charge on any atom is -0.508 e. The van der Waals surface area contributed by atoms with Crippen LogP contribution in [0.25, 0.3) is 5.57 Å². The Kier molecular flexibility index (Phi) is 10.7. The summed E-state index contributed by atoms with van der Waals surface area (Å²) in [5, 5.41) is 12.6. The molecule has 1 aliphatic carbocycles. The molecule has 2 N–H and O–H groups in total. The fraction of sp³-hybridized carbons (Fsp3) is 0.500. The van der Waals surface area contributed by atoms with Gasteiger partial charge in [0.25, 0.3) is 5.91 Å². The van der Waals surface area contributed by atoms with Crippen LogP contribution in [-0.4, -0.2) is 29.5 Å². The van der Waals surface area contributed by atoms with Gasteiger partial charge in [-0.05, 0) is 99.9 Å². The zero-order chi connectivity index (χ0) is 25.3. The molecule has 4 heteroatoms. The zero-order valence-electron chi connectivity index (χ0n) is 22.3. The van der Waals surface area contributed by atoms with Crippen LogP contribution in [0.3, 0.4) is 0 Å². The van der Waals surface area contributed by atoms with E-state index in [0.717, 1.165) is 61.8 Å². The molecule has 0 bridgehead atoms. The van der Waals surface area contributed by atoms with E-state index in [2.05, 4.69) is 71.1 Å². The minimum atomic E-state index is -0.0527. The fourth-order valence-corrected chi connectivity index (χ4v) is 4.77. The van der Waals surface area contributed by atoms with E-state index < -0.39 is 0 Å². The van der Waals surface area contributed by atoms with Crippen molar-refractivity contribution in [3.8, 4) is 5.75 Å². The number of carbonyl (C=O) groups is 1. The maximum atomic E-state index is 12.6. The quantitative estimate of drug-likeness (QED) is 0.402. The van der Waals surface area contributed by atoms with Gasteiger partial charge in [-0.1, -0.05) is 38.8 Å². The molecule has 1 heterocycles. The van der Waals surface area contributed by atoms with Gasteiger partial charge in [-0.3, -0.25) is 4.79 Å². The number of nitrogens with one attached hydrogen (secondary N) is 1. The number of allylic oxidation sites excluding steroid dienone is 6. The summed E-state index contributed by atoms with van der Waals surface area (Å²) in [5.74, 6) is 0.124. The average molecular weight is 465 g/mol. The molecule has 2 aliphatic rings. The highest BCUT2D eigenvalue weighted by Crippen LogP contribution is 2.43. The topological polar surface area (TPSA) is 52.6 Å². The molecule has 0 spiro atoms. The molecule has 0 aromatic heterocycles. The Labute approximate surface area is 207 Å². The van der Waals surface area contributed by atoms with Gasteiger partial charge in [0, 0.05) is 25.2 Å². The van der Waals surface area contributed by atoms with Crippen molar-refractivity contribution in [2.45, 2.75) is 86.5 Å². The highest BCUT2D eigenvalue weighted by molar-refractivity contribution is 6.32. The van der Waals surface area contributed by atoms with Crippen molar-refractivity contribution in [3.63, 3.8) is 0 Å². The van der Waals surface area contributed by atoms with E-state index in [-0.39, 0.29) is 11.7 Å². The van der Waals surface area contributed by atoms with Crippen LogP contribution in [0, 0.1) is 0 Å². The van der Waals surface area contributed by atoms with Gasteiger partial charge in [0.05, 0.1) is 11.3 Å². The third-order valence-electron chi connectivity index (χ3n) is 6.70. The largest absolute Gasteiger partial charge is 0.508 e. The summed E-state index contributed by atoms with van der Waals surface area (Å²) in [5.41, 5.74) is 9.06. The number of aromatic hydroxyl groups is 1. The minimum absolute atomic E-state index is 0.0527. The first-order valence-electron chi connectivity index (χ1n) is 12.9. The van der Waals surface area contributed by atoms with Crippen LogP contribution in [-0.2, 0) is 4.79 Å². The van der Waals surface area contributed by atoms with Crippen molar-refractivity contribution < 1.29 is 9.90 Å². The lowest BCUT2D eigenvalue weighted by Gasteiger charge is -2.24. The van der Waals surface area contributed by atoms with Crippen molar-refractivity contribution in [2.75, 3.05) is 18.9 Å². The van der Waals surface area contributed by atoms with Gasteiger partial charge in [-0.15, -0.1) is 0 Å². The Morgan fingerprint density at radius 2 is 1.88 bits per heavy atom. The molecular weight excluding hydrogens is 420 g/mol. The Balaban J connectivity index is 0.000000387. The highest BCUT2D eigenvalue weighted by Gasteiger charge is 2.30. The van der Waals surface area contributed by atoms with Gasteiger partial charge in [0.15, 0.2) is 0 Å². The van der Waals surface area contributed by atoms with E-state index in [1.807, 2.05) is 6.07 Å². The lowest BCUT2D eigenvalue weighted by Crippen LogP contribution is -2.10. The summed E-state index contributed by atoms with van der Waals surface area (Å²) in [6.07, 6.45) is 12.0. The molecule has 1 aromatic carbocycles. The third-order valence-corrected chi connectivity index (χ3v) is 6.70. The lowest BCUT2D eigenvalue weighted by atomic mass is 9.80. The molecule has 4 nitrogen and oxygen atoms in total. The predicted molar refractivity (Wildman–Crippen MR) is 146 cm³/mol. The van der Waals surface area contributed by atoms with Crippen molar-refractivity contribution in [1.29, 1.82) is 0 Å². The monoisotopic (exact) mass is 464 g/mol. The number of amides is 1. The summed E-state index contributed by atoms with van der Waals surface area (Å²) in [7, 11) is 2.11. The molecule has 186 valence electrons. The van der Waals surface area contributed by atoms with Crippen LogP contribution < -0.4 is 5.32 Å². The molecule has 1 aliphatic heterocycles. The fourth-order valence-electron chi connectivity index (χ4n) is 4.77. The number of fused-ring (bicyclic) bond motifs is 1. The van der Waals surface area contributed by atoms with Crippen LogP contribution in [0.2, 0.25) is 0 Å². The summed E-state index contributed by atoms with van der Waals surface area (Å²) in [6.45, 7) is 14.3. The van der Waals surface area contributed by atoms with Crippen LogP contribution in [0.15, 0.2) is 58.3 Å². The number of hydrogen-bond acceptors (Lipinski definition) is 3. The number of nitrogens with zero attached hydrogens (tertiary/aromatic N) is 1. The smallest absolute Gasteiger partial charge is 0.256 e. The summed E-state index contributed by atoms with van der Waals surface area (Å²) < 4.78 is 0. The standard InChI is InChI=1S/C22H27NO2.C8H17N/c1-5-7-13(2)14(3)17-8-6-9-18(15(17)4)21-19-11-10-16(24)12-20(19)23-22(21)25;1-4-6-8-9(3)7-5-2/h10-12,24H,5-9H2,1-4H3,(H,23,25);6,8H,4-5,7H2,1-3H3/b14-13-,21-18-;8-6+. The van der Waals surface area contributed by atoms with Gasteiger partial charge in [-0.2, -0.15) is 0 Å². The average Bonchev–Trinajstić information content (AvgIpc) is 3.12. The van der Waals surface area contributed by atoms with Crippen molar-refractivity contribution in [3.05, 3.63) is 63.9 Å². The molecule has 3 rings (SSSR count). The third kappa shape index (κ3) is 6.88. The van der Waals surface area contributed by atoms with Crippen LogP contribution in [0.4, 0.5) is 5.69 Å². The normalized spacial score (nSPS) is 18.4. The number of rotatable bonds is 7. The van der Waals surface area contributed by atoms with Crippen LogP contribution >= 0.6 is 0 Å². The van der Waals surface area contributed by atoms with E-state index in [4.69, 9.17) is 0 Å². The second-order valence-electron chi connectivity index (χ2n) is 9.42. The van der Waals surface area contributed by atoms with E-state index in [9.17, 15) is 9.90 Å². The molecule has 0 radical (unpaired) electrons. The second kappa shape index (κ2) is 13.2.